The molecule has 1 aromatic carbocycles. The van der Waals surface area contributed by atoms with E-state index >= 15 is 0 Å². The van der Waals surface area contributed by atoms with Crippen molar-refractivity contribution in [2.75, 3.05) is 6.54 Å². The van der Waals surface area contributed by atoms with E-state index in [1.807, 2.05) is 30.3 Å². The van der Waals surface area contributed by atoms with E-state index in [4.69, 9.17) is 0 Å². The summed E-state index contributed by atoms with van der Waals surface area (Å²) in [4.78, 5) is 34.9. The highest BCUT2D eigenvalue weighted by atomic mass is 16.2. The minimum Gasteiger partial charge on any atom is -0.353 e. The van der Waals surface area contributed by atoms with E-state index < -0.39 is 0 Å². The molecule has 0 atom stereocenters. The summed E-state index contributed by atoms with van der Waals surface area (Å²) in [5, 5.41) is 3.11. The first-order chi connectivity index (χ1) is 13.2. The maximum absolute atomic E-state index is 12.8. The van der Waals surface area contributed by atoms with Gasteiger partial charge in [0.1, 0.15) is 5.69 Å². The second-order valence-corrected chi connectivity index (χ2v) is 6.96. The maximum atomic E-state index is 12.8. The molecule has 6 heteroatoms. The molecule has 2 amide bonds. The van der Waals surface area contributed by atoms with E-state index in [2.05, 4.69) is 15.3 Å². The molecule has 1 aromatic heterocycles. The van der Waals surface area contributed by atoms with E-state index in [0.29, 0.717) is 18.8 Å². The molecule has 2 aromatic rings. The molecule has 0 unspecified atom stereocenters. The van der Waals surface area contributed by atoms with Gasteiger partial charge in [-0.15, -0.1) is 0 Å². The van der Waals surface area contributed by atoms with Gasteiger partial charge in [-0.05, 0) is 18.4 Å². The Bertz CT molecular complexity index is 730. The van der Waals surface area contributed by atoms with Gasteiger partial charge >= 0.3 is 0 Å². The first-order valence-corrected chi connectivity index (χ1v) is 9.61. The minimum atomic E-state index is -0.211. The molecule has 0 aliphatic heterocycles. The summed E-state index contributed by atoms with van der Waals surface area (Å²) in [7, 11) is 0. The normalized spacial score (nSPS) is 14.5. The van der Waals surface area contributed by atoms with Crippen molar-refractivity contribution in [2.45, 2.75) is 51.1 Å². The third-order valence-electron chi connectivity index (χ3n) is 4.86. The summed E-state index contributed by atoms with van der Waals surface area (Å²) in [6.45, 7) is 0.788. The Morgan fingerprint density at radius 3 is 2.56 bits per heavy atom. The molecule has 3 rings (SSSR count). The number of carbonyl (C=O) groups excluding carboxylic acids is 2. The molecular formula is C21H26N4O2. The number of nitrogens with zero attached hydrogens (tertiary/aromatic N) is 3. The molecule has 1 saturated carbocycles. The van der Waals surface area contributed by atoms with Gasteiger partial charge in [-0.2, -0.15) is 0 Å². The van der Waals surface area contributed by atoms with Crippen LogP contribution in [0.3, 0.4) is 0 Å². The Balaban J connectivity index is 1.62. The van der Waals surface area contributed by atoms with Crippen molar-refractivity contribution < 1.29 is 9.59 Å². The van der Waals surface area contributed by atoms with Crippen LogP contribution < -0.4 is 5.32 Å². The Labute approximate surface area is 160 Å². The summed E-state index contributed by atoms with van der Waals surface area (Å²) in [6, 6.07) is 10.0. The molecule has 6 nitrogen and oxygen atoms in total. The van der Waals surface area contributed by atoms with Crippen molar-refractivity contribution in [3.8, 4) is 0 Å². The van der Waals surface area contributed by atoms with E-state index in [-0.39, 0.29) is 24.3 Å². The van der Waals surface area contributed by atoms with Crippen LogP contribution in [0.4, 0.5) is 0 Å². The minimum absolute atomic E-state index is 0.00640. The Kier molecular flexibility index (Phi) is 6.90. The molecule has 142 valence electrons. The predicted octanol–water partition coefficient (Wildman–Crippen LogP) is 2.96. The molecule has 0 saturated heterocycles. The summed E-state index contributed by atoms with van der Waals surface area (Å²) in [6.07, 6.45) is 10.5. The molecule has 1 fully saturated rings. The third-order valence-corrected chi connectivity index (χ3v) is 4.86. The van der Waals surface area contributed by atoms with Crippen LogP contribution in [-0.4, -0.2) is 39.3 Å². The van der Waals surface area contributed by atoms with E-state index in [1.54, 1.807) is 4.90 Å². The van der Waals surface area contributed by atoms with Crippen molar-refractivity contribution >= 4 is 11.8 Å². The maximum Gasteiger partial charge on any atom is 0.274 e. The molecule has 1 N–H and O–H groups in total. The average molecular weight is 366 g/mol. The van der Waals surface area contributed by atoms with Gasteiger partial charge in [-0.3, -0.25) is 14.6 Å². The lowest BCUT2D eigenvalue weighted by atomic mass is 9.95. The van der Waals surface area contributed by atoms with Crippen LogP contribution >= 0.6 is 0 Å². The zero-order valence-corrected chi connectivity index (χ0v) is 15.5. The first-order valence-electron chi connectivity index (χ1n) is 9.61. The quantitative estimate of drug-likeness (QED) is 0.817. The molecular weight excluding hydrogens is 340 g/mol. The number of aromatic nitrogens is 2. The monoisotopic (exact) mass is 366 g/mol. The van der Waals surface area contributed by atoms with Crippen molar-refractivity contribution in [1.29, 1.82) is 0 Å². The van der Waals surface area contributed by atoms with Crippen LogP contribution in [0, 0.1) is 0 Å². The van der Waals surface area contributed by atoms with Crippen LogP contribution in [0.1, 0.15) is 54.6 Å². The van der Waals surface area contributed by atoms with E-state index in [1.165, 1.54) is 37.9 Å². The number of hydrogen-bond acceptors (Lipinski definition) is 4. The number of benzene rings is 1. The number of rotatable bonds is 7. The Morgan fingerprint density at radius 2 is 1.85 bits per heavy atom. The van der Waals surface area contributed by atoms with E-state index in [9.17, 15) is 9.59 Å². The number of amides is 2. The van der Waals surface area contributed by atoms with Gasteiger partial charge in [0.2, 0.25) is 5.91 Å². The third kappa shape index (κ3) is 5.88. The molecule has 1 aliphatic carbocycles. The van der Waals surface area contributed by atoms with Gasteiger partial charge in [0.25, 0.3) is 5.91 Å². The standard InChI is InChI=1S/C21H26N4O2/c26-20(24-18-9-5-2-6-10-18)11-14-25(16-17-7-3-1-4-8-17)21(27)19-15-22-12-13-23-19/h1,3-4,7-8,12-13,15,18H,2,5-6,9-11,14,16H2,(H,24,26). The highest BCUT2D eigenvalue weighted by Crippen LogP contribution is 2.17. The predicted molar refractivity (Wildman–Crippen MR) is 103 cm³/mol. The van der Waals surface area contributed by atoms with Gasteiger partial charge in [0.15, 0.2) is 0 Å². The highest BCUT2D eigenvalue weighted by Gasteiger charge is 2.20. The van der Waals surface area contributed by atoms with Crippen molar-refractivity contribution in [1.82, 2.24) is 20.2 Å². The Morgan fingerprint density at radius 1 is 1.07 bits per heavy atom. The lowest BCUT2D eigenvalue weighted by Gasteiger charge is -2.25. The van der Waals surface area contributed by atoms with Gasteiger partial charge in [-0.25, -0.2) is 4.98 Å². The van der Waals surface area contributed by atoms with Gasteiger partial charge in [-0.1, -0.05) is 49.6 Å². The second kappa shape index (κ2) is 9.80. The molecule has 27 heavy (non-hydrogen) atoms. The number of carbonyl (C=O) groups is 2. The van der Waals surface area contributed by atoms with Crippen LogP contribution in [0.25, 0.3) is 0 Å². The number of nitrogens with one attached hydrogen (secondary N) is 1. The van der Waals surface area contributed by atoms with Gasteiger partial charge < -0.3 is 10.2 Å². The van der Waals surface area contributed by atoms with Gasteiger partial charge in [0.05, 0.1) is 6.20 Å². The first kappa shape index (κ1) is 19.0. The molecule has 1 heterocycles. The van der Waals surface area contributed by atoms with Gasteiger partial charge in [0, 0.05) is 37.9 Å². The largest absolute Gasteiger partial charge is 0.353 e. The fourth-order valence-electron chi connectivity index (χ4n) is 3.41. The Hall–Kier alpha value is -2.76. The topological polar surface area (TPSA) is 75.2 Å². The van der Waals surface area contributed by atoms with Crippen LogP contribution in [0.2, 0.25) is 0 Å². The van der Waals surface area contributed by atoms with Crippen LogP contribution in [0.15, 0.2) is 48.9 Å². The second-order valence-electron chi connectivity index (χ2n) is 6.96. The fourth-order valence-corrected chi connectivity index (χ4v) is 3.41. The van der Waals surface area contributed by atoms with Crippen molar-refractivity contribution in [3.05, 3.63) is 60.2 Å². The fraction of sp³-hybridized carbons (Fsp3) is 0.429. The number of hydrogen-bond donors (Lipinski definition) is 1. The molecule has 0 spiro atoms. The zero-order valence-electron chi connectivity index (χ0n) is 15.5. The highest BCUT2D eigenvalue weighted by molar-refractivity contribution is 5.92. The average Bonchev–Trinajstić information content (AvgIpc) is 2.73. The molecule has 0 radical (unpaired) electrons. The summed E-state index contributed by atoms with van der Waals surface area (Å²) in [5.41, 5.74) is 1.31. The summed E-state index contributed by atoms with van der Waals surface area (Å²) < 4.78 is 0. The van der Waals surface area contributed by atoms with Crippen LogP contribution in [-0.2, 0) is 11.3 Å². The zero-order chi connectivity index (χ0) is 18.9. The lowest BCUT2D eigenvalue weighted by Crippen LogP contribution is -2.39. The van der Waals surface area contributed by atoms with Crippen LogP contribution in [0.5, 0.6) is 0 Å². The van der Waals surface area contributed by atoms with Crippen molar-refractivity contribution in [3.63, 3.8) is 0 Å². The lowest BCUT2D eigenvalue weighted by molar-refractivity contribution is -0.122. The summed E-state index contributed by atoms with van der Waals surface area (Å²) in [5.74, 6) is -0.204. The SMILES string of the molecule is O=C(CCN(Cc1ccccc1)C(=O)c1cnccn1)NC1CCCCC1. The smallest absolute Gasteiger partial charge is 0.274 e. The van der Waals surface area contributed by atoms with E-state index in [0.717, 1.165) is 18.4 Å². The van der Waals surface area contributed by atoms with Crippen molar-refractivity contribution in [2.24, 2.45) is 0 Å². The molecule has 1 aliphatic rings. The molecule has 0 bridgehead atoms. The summed E-state index contributed by atoms with van der Waals surface area (Å²) >= 11 is 0.